The first-order valence-corrected chi connectivity index (χ1v) is 13.6. The maximum atomic E-state index is 13.5. The molecule has 10 nitrogen and oxygen atoms in total. The monoisotopic (exact) mass is 571 g/mol. The van der Waals surface area contributed by atoms with Crippen molar-refractivity contribution in [2.24, 2.45) is 5.92 Å². The van der Waals surface area contributed by atoms with Gasteiger partial charge in [-0.3, -0.25) is 9.59 Å². The number of likely N-dealkylation sites (tertiary alicyclic amines) is 1. The molecule has 0 bridgehead atoms. The van der Waals surface area contributed by atoms with E-state index < -0.39 is 12.0 Å². The Morgan fingerprint density at radius 1 is 1.10 bits per heavy atom. The highest BCUT2D eigenvalue weighted by Crippen LogP contribution is 2.33. The summed E-state index contributed by atoms with van der Waals surface area (Å²) in [4.78, 5) is 25.8. The average Bonchev–Trinajstić information content (AvgIpc) is 3.65. The fourth-order valence-corrected chi connectivity index (χ4v) is 5.02. The standard InChI is InChI=1S/C28H32F3N7O3/c1-18(39)32-15-26(40)37-12-11-24(23(16-37)20-5-3-2-4-6-20)33-14-21-13-22(9-10-25(21)41-17-19-7-8-19)38-27(28(29,30)31)34-35-36-38/h2-6,9-10,13,19,23-24,33H,7-8,11-12,14-17H2,1H3,(H,32,39)/t23-,24-/m0/s1. The van der Waals surface area contributed by atoms with Crippen LogP contribution >= 0.6 is 0 Å². The molecule has 0 spiro atoms. The Balaban J connectivity index is 1.36. The van der Waals surface area contributed by atoms with E-state index in [0.717, 1.165) is 18.4 Å². The number of tetrazole rings is 1. The molecule has 13 heteroatoms. The van der Waals surface area contributed by atoms with Crippen molar-refractivity contribution in [3.8, 4) is 11.4 Å². The van der Waals surface area contributed by atoms with Gasteiger partial charge in [0.2, 0.25) is 11.8 Å². The van der Waals surface area contributed by atoms with Crippen molar-refractivity contribution in [3.05, 3.63) is 65.5 Å². The molecule has 0 radical (unpaired) electrons. The van der Waals surface area contributed by atoms with Crippen LogP contribution < -0.4 is 15.4 Å². The van der Waals surface area contributed by atoms with Crippen molar-refractivity contribution < 1.29 is 27.5 Å². The number of carbonyl (C=O) groups is 2. The highest BCUT2D eigenvalue weighted by Gasteiger charge is 2.38. The maximum absolute atomic E-state index is 13.5. The number of benzene rings is 2. The lowest BCUT2D eigenvalue weighted by Crippen LogP contribution is -2.51. The Labute approximate surface area is 235 Å². The number of rotatable bonds is 10. The molecule has 2 N–H and O–H groups in total. The van der Waals surface area contributed by atoms with E-state index in [4.69, 9.17) is 4.74 Å². The van der Waals surface area contributed by atoms with Crippen LogP contribution in [-0.4, -0.2) is 69.2 Å². The molecule has 2 heterocycles. The van der Waals surface area contributed by atoms with E-state index in [-0.39, 0.29) is 36.0 Å². The lowest BCUT2D eigenvalue weighted by atomic mass is 9.85. The first-order valence-electron chi connectivity index (χ1n) is 13.6. The van der Waals surface area contributed by atoms with Crippen molar-refractivity contribution >= 4 is 11.8 Å². The summed E-state index contributed by atoms with van der Waals surface area (Å²) in [6.45, 7) is 3.16. The van der Waals surface area contributed by atoms with Crippen LogP contribution in [-0.2, 0) is 22.3 Å². The molecular weight excluding hydrogens is 539 g/mol. The van der Waals surface area contributed by atoms with E-state index in [2.05, 4.69) is 26.2 Å². The number of halogens is 3. The molecule has 1 saturated carbocycles. The molecular formula is C28H32F3N7O3. The van der Waals surface area contributed by atoms with Gasteiger partial charge < -0.3 is 20.3 Å². The van der Waals surface area contributed by atoms with Gasteiger partial charge in [0, 0.05) is 44.1 Å². The first kappa shape index (κ1) is 28.5. The van der Waals surface area contributed by atoms with E-state index in [1.807, 2.05) is 30.3 Å². The molecule has 1 aliphatic carbocycles. The molecule has 1 aromatic heterocycles. The number of ether oxygens (including phenoxy) is 1. The van der Waals surface area contributed by atoms with Gasteiger partial charge >= 0.3 is 6.18 Å². The quantitative estimate of drug-likeness (QED) is 0.385. The number of aromatic nitrogens is 4. The van der Waals surface area contributed by atoms with Crippen molar-refractivity contribution in [1.82, 2.24) is 35.7 Å². The maximum Gasteiger partial charge on any atom is 0.453 e. The van der Waals surface area contributed by atoms with Crippen LogP contribution in [0.1, 0.15) is 49.1 Å². The second-order valence-electron chi connectivity index (χ2n) is 10.5. The second kappa shape index (κ2) is 12.2. The number of hydrogen-bond donors (Lipinski definition) is 2. The van der Waals surface area contributed by atoms with Gasteiger partial charge in [-0.25, -0.2) is 0 Å². The van der Waals surface area contributed by atoms with Crippen molar-refractivity contribution in [2.75, 3.05) is 26.2 Å². The van der Waals surface area contributed by atoms with E-state index in [9.17, 15) is 22.8 Å². The summed E-state index contributed by atoms with van der Waals surface area (Å²) in [5.41, 5.74) is 1.92. The van der Waals surface area contributed by atoms with E-state index >= 15 is 0 Å². The normalized spacial score (nSPS) is 19.2. The predicted octanol–water partition coefficient (Wildman–Crippen LogP) is 3.08. The summed E-state index contributed by atoms with van der Waals surface area (Å²) >= 11 is 0. The van der Waals surface area contributed by atoms with Gasteiger partial charge in [-0.05, 0) is 59.4 Å². The van der Waals surface area contributed by atoms with Gasteiger partial charge in [0.15, 0.2) is 0 Å². The molecule has 2 amide bonds. The van der Waals surface area contributed by atoms with Crippen LogP contribution in [0.5, 0.6) is 5.75 Å². The number of hydrogen-bond acceptors (Lipinski definition) is 7. The third-order valence-corrected chi connectivity index (χ3v) is 7.42. The van der Waals surface area contributed by atoms with Gasteiger partial charge in [-0.1, -0.05) is 30.3 Å². The fraction of sp³-hybridized carbons (Fsp3) is 0.464. The van der Waals surface area contributed by atoms with Crippen LogP contribution in [0.4, 0.5) is 13.2 Å². The van der Waals surface area contributed by atoms with E-state index in [1.54, 1.807) is 17.0 Å². The van der Waals surface area contributed by atoms with Crippen LogP contribution in [0, 0.1) is 5.92 Å². The highest BCUT2D eigenvalue weighted by atomic mass is 19.4. The zero-order chi connectivity index (χ0) is 29.0. The fourth-order valence-electron chi connectivity index (χ4n) is 5.02. The molecule has 2 atom stereocenters. The number of nitrogens with zero attached hydrogens (tertiary/aromatic N) is 5. The predicted molar refractivity (Wildman–Crippen MR) is 142 cm³/mol. The van der Waals surface area contributed by atoms with E-state index in [1.165, 1.54) is 13.0 Å². The summed E-state index contributed by atoms with van der Waals surface area (Å²) in [6.07, 6.45) is -1.86. The summed E-state index contributed by atoms with van der Waals surface area (Å²) in [5, 5.41) is 16.1. The van der Waals surface area contributed by atoms with Gasteiger partial charge in [0.1, 0.15) is 5.75 Å². The Morgan fingerprint density at radius 2 is 1.88 bits per heavy atom. The van der Waals surface area contributed by atoms with Crippen LogP contribution in [0.2, 0.25) is 0 Å². The molecule has 1 saturated heterocycles. The Hall–Kier alpha value is -4.00. The molecule has 3 aromatic rings. The molecule has 41 heavy (non-hydrogen) atoms. The third kappa shape index (κ3) is 7.20. The molecule has 1 aliphatic heterocycles. The average molecular weight is 572 g/mol. The summed E-state index contributed by atoms with van der Waals surface area (Å²) in [7, 11) is 0. The van der Waals surface area contributed by atoms with Crippen molar-refractivity contribution in [3.63, 3.8) is 0 Å². The molecule has 2 aromatic carbocycles. The van der Waals surface area contributed by atoms with Gasteiger partial charge in [-0.2, -0.15) is 17.9 Å². The third-order valence-electron chi connectivity index (χ3n) is 7.42. The zero-order valence-corrected chi connectivity index (χ0v) is 22.6. The van der Waals surface area contributed by atoms with Crippen molar-refractivity contribution in [1.29, 1.82) is 0 Å². The minimum Gasteiger partial charge on any atom is -0.493 e. The summed E-state index contributed by atoms with van der Waals surface area (Å²) < 4.78 is 47.2. The summed E-state index contributed by atoms with van der Waals surface area (Å²) in [5.74, 6) is -0.571. The van der Waals surface area contributed by atoms with Crippen molar-refractivity contribution in [2.45, 2.75) is 50.9 Å². The molecule has 218 valence electrons. The zero-order valence-electron chi connectivity index (χ0n) is 22.6. The van der Waals surface area contributed by atoms with Gasteiger partial charge in [-0.15, -0.1) is 5.10 Å². The van der Waals surface area contributed by atoms with Crippen LogP contribution in [0.15, 0.2) is 48.5 Å². The Morgan fingerprint density at radius 3 is 2.59 bits per heavy atom. The molecule has 5 rings (SSSR count). The largest absolute Gasteiger partial charge is 0.493 e. The second-order valence-corrected chi connectivity index (χ2v) is 10.5. The lowest BCUT2D eigenvalue weighted by molar-refractivity contribution is -0.146. The highest BCUT2D eigenvalue weighted by molar-refractivity contribution is 5.83. The Bertz CT molecular complexity index is 1360. The van der Waals surface area contributed by atoms with E-state index in [0.29, 0.717) is 54.6 Å². The smallest absolute Gasteiger partial charge is 0.453 e. The number of amides is 2. The SMILES string of the molecule is CC(=O)NCC(=O)N1CC[C@H](NCc2cc(-n3nnnc3C(F)(F)F)ccc2OCC2CC2)[C@H](c2ccccc2)C1. The molecule has 0 unspecified atom stereocenters. The minimum atomic E-state index is -4.71. The summed E-state index contributed by atoms with van der Waals surface area (Å²) in [6, 6.07) is 14.6. The topological polar surface area (TPSA) is 114 Å². The van der Waals surface area contributed by atoms with Crippen LogP contribution in [0.3, 0.4) is 0 Å². The number of nitrogens with one attached hydrogen (secondary N) is 2. The van der Waals surface area contributed by atoms with Crippen LogP contribution in [0.25, 0.3) is 5.69 Å². The molecule has 2 fully saturated rings. The molecule has 2 aliphatic rings. The first-order chi connectivity index (χ1) is 19.7. The van der Waals surface area contributed by atoms with Gasteiger partial charge in [0.25, 0.3) is 5.82 Å². The lowest BCUT2D eigenvalue weighted by Gasteiger charge is -2.39. The van der Waals surface area contributed by atoms with Gasteiger partial charge in [0.05, 0.1) is 18.8 Å². The number of alkyl halides is 3. The minimum absolute atomic E-state index is 0.0269. The Kier molecular flexibility index (Phi) is 8.52. The number of carbonyl (C=O) groups excluding carboxylic acids is 2. The number of piperidine rings is 1.